The molecule has 0 aliphatic rings. The summed E-state index contributed by atoms with van der Waals surface area (Å²) in [4.78, 5) is 12.6. The number of nitrogens with one attached hydrogen (secondary N) is 1. The number of unbranched alkanes of at least 4 members (excludes halogenated alkanes) is 1. The molecule has 0 spiro atoms. The average molecular weight is 223 g/mol. The Bertz CT molecular complexity index is 325. The molecule has 0 atom stereocenters. The number of para-hydroxylation sites is 1. The maximum absolute atomic E-state index is 11.5. The van der Waals surface area contributed by atoms with Gasteiger partial charge in [0, 0.05) is 11.3 Å². The highest BCUT2D eigenvalue weighted by atomic mass is 32.2. The van der Waals surface area contributed by atoms with E-state index in [0.717, 1.165) is 23.4 Å². The molecule has 0 fully saturated rings. The second-order valence-corrected chi connectivity index (χ2v) is 4.20. The first-order valence-corrected chi connectivity index (χ1v) is 6.43. The molecule has 0 saturated heterocycles. The predicted octanol–water partition coefficient (Wildman–Crippen LogP) is 3.54. The van der Waals surface area contributed by atoms with Crippen LogP contribution in [0.1, 0.15) is 26.2 Å². The molecule has 82 valence electrons. The fourth-order valence-electron chi connectivity index (χ4n) is 1.30. The van der Waals surface area contributed by atoms with Gasteiger partial charge in [0.2, 0.25) is 5.91 Å². The zero-order valence-electron chi connectivity index (χ0n) is 9.25. The normalized spacial score (nSPS) is 10.0. The molecule has 15 heavy (non-hydrogen) atoms. The lowest BCUT2D eigenvalue weighted by Gasteiger charge is -2.08. The predicted molar refractivity (Wildman–Crippen MR) is 66.4 cm³/mol. The Hall–Kier alpha value is -0.960. The van der Waals surface area contributed by atoms with Crippen LogP contribution in [0.25, 0.3) is 0 Å². The van der Waals surface area contributed by atoms with E-state index in [1.807, 2.05) is 30.5 Å². The molecule has 0 saturated carbocycles. The van der Waals surface area contributed by atoms with Gasteiger partial charge in [0.15, 0.2) is 0 Å². The number of amides is 1. The molecule has 0 aliphatic carbocycles. The van der Waals surface area contributed by atoms with Crippen molar-refractivity contribution < 1.29 is 4.79 Å². The summed E-state index contributed by atoms with van der Waals surface area (Å²) in [5.41, 5.74) is 0.922. The number of carbonyl (C=O) groups excluding carboxylic acids is 1. The summed E-state index contributed by atoms with van der Waals surface area (Å²) in [5, 5.41) is 2.94. The summed E-state index contributed by atoms with van der Waals surface area (Å²) in [7, 11) is 0. The summed E-state index contributed by atoms with van der Waals surface area (Å²) in [5.74, 6) is 0.110. The maximum atomic E-state index is 11.5. The third-order valence-electron chi connectivity index (χ3n) is 2.14. The molecule has 1 rings (SSSR count). The molecular formula is C12H17NOS. The van der Waals surface area contributed by atoms with Gasteiger partial charge in [-0.15, -0.1) is 11.8 Å². The number of carbonyl (C=O) groups is 1. The van der Waals surface area contributed by atoms with E-state index < -0.39 is 0 Å². The van der Waals surface area contributed by atoms with E-state index in [0.29, 0.717) is 6.42 Å². The van der Waals surface area contributed by atoms with E-state index in [1.54, 1.807) is 11.8 Å². The molecule has 0 aliphatic heterocycles. The number of hydrogen-bond acceptors (Lipinski definition) is 2. The lowest BCUT2D eigenvalue weighted by Crippen LogP contribution is -2.11. The molecule has 0 aromatic heterocycles. The minimum absolute atomic E-state index is 0.110. The highest BCUT2D eigenvalue weighted by Crippen LogP contribution is 2.24. The first-order chi connectivity index (χ1) is 7.27. The van der Waals surface area contributed by atoms with E-state index in [4.69, 9.17) is 0 Å². The Morgan fingerprint density at radius 3 is 2.80 bits per heavy atom. The van der Waals surface area contributed by atoms with Crippen LogP contribution < -0.4 is 5.32 Å². The summed E-state index contributed by atoms with van der Waals surface area (Å²) >= 11 is 1.65. The van der Waals surface area contributed by atoms with Crippen LogP contribution in [0.3, 0.4) is 0 Å². The van der Waals surface area contributed by atoms with Gasteiger partial charge in [-0.1, -0.05) is 25.5 Å². The number of hydrogen-bond donors (Lipinski definition) is 1. The molecule has 3 heteroatoms. The van der Waals surface area contributed by atoms with Gasteiger partial charge in [0.25, 0.3) is 0 Å². The van der Waals surface area contributed by atoms with Gasteiger partial charge in [-0.2, -0.15) is 0 Å². The fourth-order valence-corrected chi connectivity index (χ4v) is 1.85. The van der Waals surface area contributed by atoms with E-state index in [-0.39, 0.29) is 5.91 Å². The Morgan fingerprint density at radius 2 is 2.13 bits per heavy atom. The molecule has 0 heterocycles. The van der Waals surface area contributed by atoms with Crippen molar-refractivity contribution in [3.05, 3.63) is 24.3 Å². The van der Waals surface area contributed by atoms with Gasteiger partial charge in [-0.3, -0.25) is 4.79 Å². The van der Waals surface area contributed by atoms with Gasteiger partial charge >= 0.3 is 0 Å². The smallest absolute Gasteiger partial charge is 0.224 e. The molecule has 1 aromatic rings. The third-order valence-corrected chi connectivity index (χ3v) is 2.93. The number of anilines is 1. The molecule has 1 amide bonds. The van der Waals surface area contributed by atoms with Crippen molar-refractivity contribution in [2.75, 3.05) is 11.6 Å². The van der Waals surface area contributed by atoms with Crippen LogP contribution in [0.4, 0.5) is 5.69 Å². The lowest BCUT2D eigenvalue weighted by molar-refractivity contribution is -0.116. The van der Waals surface area contributed by atoms with Crippen molar-refractivity contribution in [3.8, 4) is 0 Å². The van der Waals surface area contributed by atoms with E-state index in [2.05, 4.69) is 12.2 Å². The highest BCUT2D eigenvalue weighted by Gasteiger charge is 2.04. The van der Waals surface area contributed by atoms with Crippen molar-refractivity contribution >= 4 is 23.4 Å². The summed E-state index contributed by atoms with van der Waals surface area (Å²) in [6.07, 6.45) is 4.63. The Kier molecular flexibility index (Phi) is 5.26. The Morgan fingerprint density at radius 1 is 1.40 bits per heavy atom. The van der Waals surface area contributed by atoms with Crippen molar-refractivity contribution in [3.63, 3.8) is 0 Å². The van der Waals surface area contributed by atoms with Crippen LogP contribution >= 0.6 is 11.8 Å². The number of rotatable bonds is 5. The fraction of sp³-hybridized carbons (Fsp3) is 0.417. The van der Waals surface area contributed by atoms with Crippen LogP contribution in [0.5, 0.6) is 0 Å². The standard InChI is InChI=1S/C12H17NOS/c1-3-4-9-12(14)13-10-7-5-6-8-11(10)15-2/h5-8H,3-4,9H2,1-2H3,(H,13,14). The molecule has 0 radical (unpaired) electrons. The average Bonchev–Trinajstić information content (AvgIpc) is 2.27. The van der Waals surface area contributed by atoms with Crippen LogP contribution in [0.15, 0.2) is 29.2 Å². The topological polar surface area (TPSA) is 29.1 Å². The van der Waals surface area contributed by atoms with Crippen LogP contribution in [-0.2, 0) is 4.79 Å². The van der Waals surface area contributed by atoms with Gasteiger partial charge in [0.05, 0.1) is 5.69 Å². The molecule has 1 aromatic carbocycles. The van der Waals surface area contributed by atoms with Crippen molar-refractivity contribution in [1.82, 2.24) is 0 Å². The van der Waals surface area contributed by atoms with Gasteiger partial charge in [-0.05, 0) is 24.8 Å². The van der Waals surface area contributed by atoms with Gasteiger partial charge in [-0.25, -0.2) is 0 Å². The Balaban J connectivity index is 2.59. The number of benzene rings is 1. The van der Waals surface area contributed by atoms with Crippen LogP contribution in [-0.4, -0.2) is 12.2 Å². The SMILES string of the molecule is CCCCC(=O)Nc1ccccc1SC. The quantitative estimate of drug-likeness (QED) is 0.774. The maximum Gasteiger partial charge on any atom is 0.224 e. The van der Waals surface area contributed by atoms with Crippen molar-refractivity contribution in [2.24, 2.45) is 0 Å². The molecule has 2 nitrogen and oxygen atoms in total. The third kappa shape index (κ3) is 3.96. The lowest BCUT2D eigenvalue weighted by atomic mass is 10.2. The first kappa shape index (κ1) is 12.1. The molecular weight excluding hydrogens is 206 g/mol. The highest BCUT2D eigenvalue weighted by molar-refractivity contribution is 7.98. The second-order valence-electron chi connectivity index (χ2n) is 3.35. The minimum Gasteiger partial charge on any atom is -0.325 e. The monoisotopic (exact) mass is 223 g/mol. The van der Waals surface area contributed by atoms with Crippen molar-refractivity contribution in [2.45, 2.75) is 31.1 Å². The van der Waals surface area contributed by atoms with Crippen LogP contribution in [0, 0.1) is 0 Å². The summed E-state index contributed by atoms with van der Waals surface area (Å²) in [6.45, 7) is 2.09. The minimum atomic E-state index is 0.110. The summed E-state index contributed by atoms with van der Waals surface area (Å²) < 4.78 is 0. The summed E-state index contributed by atoms with van der Waals surface area (Å²) in [6, 6.07) is 7.87. The molecule has 0 unspecified atom stereocenters. The van der Waals surface area contributed by atoms with Gasteiger partial charge in [0.1, 0.15) is 0 Å². The first-order valence-electron chi connectivity index (χ1n) is 5.20. The van der Waals surface area contributed by atoms with E-state index >= 15 is 0 Å². The molecule has 1 N–H and O–H groups in total. The zero-order chi connectivity index (χ0) is 11.1. The van der Waals surface area contributed by atoms with Gasteiger partial charge < -0.3 is 5.32 Å². The second kappa shape index (κ2) is 6.51. The zero-order valence-corrected chi connectivity index (χ0v) is 10.1. The molecule has 0 bridgehead atoms. The van der Waals surface area contributed by atoms with E-state index in [9.17, 15) is 4.79 Å². The number of thioether (sulfide) groups is 1. The Labute approximate surface area is 95.5 Å². The van der Waals surface area contributed by atoms with E-state index in [1.165, 1.54) is 0 Å². The van der Waals surface area contributed by atoms with Crippen LogP contribution in [0.2, 0.25) is 0 Å². The largest absolute Gasteiger partial charge is 0.325 e. The van der Waals surface area contributed by atoms with Crippen molar-refractivity contribution in [1.29, 1.82) is 0 Å².